The van der Waals surface area contributed by atoms with Gasteiger partial charge in [-0.25, -0.2) is 0 Å². The SMILES string of the molecule is CCn1nc(C(=O)N2CCCN(C)CC2)c2c1CC[C@@H](NCc1cccc(C(F)(F)F)c1)C2. The summed E-state index contributed by atoms with van der Waals surface area (Å²) in [5.74, 6) is -0.00715. The molecule has 1 N–H and O–H groups in total. The Labute approximate surface area is 192 Å². The molecule has 1 aliphatic carbocycles. The maximum atomic E-state index is 13.4. The smallest absolute Gasteiger partial charge is 0.336 e. The monoisotopic (exact) mass is 463 g/mol. The molecule has 0 saturated carbocycles. The fourth-order valence-corrected chi connectivity index (χ4v) is 4.81. The van der Waals surface area contributed by atoms with E-state index in [1.807, 2.05) is 16.5 Å². The van der Waals surface area contributed by atoms with E-state index in [1.165, 1.54) is 12.1 Å². The van der Waals surface area contributed by atoms with E-state index >= 15 is 0 Å². The Bertz CT molecular complexity index is 987. The maximum absolute atomic E-state index is 13.4. The number of carbonyl (C=O) groups is 1. The van der Waals surface area contributed by atoms with Gasteiger partial charge >= 0.3 is 6.18 Å². The molecule has 2 aromatic rings. The molecule has 6 nitrogen and oxygen atoms in total. The van der Waals surface area contributed by atoms with Gasteiger partial charge in [-0.1, -0.05) is 18.2 Å². The lowest BCUT2D eigenvalue weighted by atomic mass is 9.90. The molecule has 33 heavy (non-hydrogen) atoms. The summed E-state index contributed by atoms with van der Waals surface area (Å²) in [7, 11) is 2.07. The Morgan fingerprint density at radius 1 is 1.21 bits per heavy atom. The van der Waals surface area contributed by atoms with E-state index in [4.69, 9.17) is 0 Å². The van der Waals surface area contributed by atoms with Crippen molar-refractivity contribution in [2.75, 3.05) is 33.2 Å². The van der Waals surface area contributed by atoms with Crippen LogP contribution in [0.4, 0.5) is 13.2 Å². The molecule has 0 spiro atoms. The lowest BCUT2D eigenvalue weighted by Gasteiger charge is -2.25. The molecule has 1 fully saturated rings. The first-order valence-electron chi connectivity index (χ1n) is 11.7. The molecule has 1 aliphatic heterocycles. The van der Waals surface area contributed by atoms with Crippen LogP contribution in [0.1, 0.15) is 52.6 Å². The van der Waals surface area contributed by atoms with Crippen LogP contribution < -0.4 is 5.32 Å². The van der Waals surface area contributed by atoms with Crippen molar-refractivity contribution in [3.05, 3.63) is 52.3 Å². The number of nitrogens with zero attached hydrogens (tertiary/aromatic N) is 4. The predicted octanol–water partition coefficient (Wildman–Crippen LogP) is 3.35. The number of fused-ring (bicyclic) bond motifs is 1. The maximum Gasteiger partial charge on any atom is 0.416 e. The van der Waals surface area contributed by atoms with E-state index in [9.17, 15) is 18.0 Å². The zero-order chi connectivity index (χ0) is 23.6. The van der Waals surface area contributed by atoms with Gasteiger partial charge in [-0.15, -0.1) is 0 Å². The Morgan fingerprint density at radius 3 is 2.79 bits per heavy atom. The standard InChI is InChI=1S/C24H32F3N5O/c1-3-32-21-9-8-19(28-16-17-6-4-7-18(14-17)24(25,26)27)15-20(21)22(29-32)23(33)31-11-5-10-30(2)12-13-31/h4,6-7,14,19,28H,3,5,8-13,15-16H2,1-2H3/t19-/m1/s1. The van der Waals surface area contributed by atoms with Gasteiger partial charge in [-0.2, -0.15) is 18.3 Å². The zero-order valence-corrected chi connectivity index (χ0v) is 19.3. The van der Waals surface area contributed by atoms with Crippen molar-refractivity contribution in [1.29, 1.82) is 0 Å². The zero-order valence-electron chi connectivity index (χ0n) is 19.3. The molecule has 1 amide bonds. The van der Waals surface area contributed by atoms with Crippen molar-refractivity contribution >= 4 is 5.91 Å². The molecule has 4 rings (SSSR count). The average Bonchev–Trinajstić information content (AvgIpc) is 3.02. The minimum atomic E-state index is -4.35. The van der Waals surface area contributed by atoms with E-state index in [2.05, 4.69) is 22.4 Å². The number of likely N-dealkylation sites (N-methyl/N-ethyl adjacent to an activating group) is 1. The number of alkyl halides is 3. The first-order chi connectivity index (χ1) is 15.8. The van der Waals surface area contributed by atoms with E-state index in [1.54, 1.807) is 6.07 Å². The number of carbonyl (C=O) groups excluding carboxylic acids is 1. The van der Waals surface area contributed by atoms with Crippen molar-refractivity contribution in [1.82, 2.24) is 24.9 Å². The molecule has 180 valence electrons. The summed E-state index contributed by atoms with van der Waals surface area (Å²) in [6, 6.07) is 5.52. The van der Waals surface area contributed by atoms with Crippen LogP contribution in [0, 0.1) is 0 Å². The summed E-state index contributed by atoms with van der Waals surface area (Å²) < 4.78 is 41.0. The summed E-state index contributed by atoms with van der Waals surface area (Å²) >= 11 is 0. The Balaban J connectivity index is 1.48. The van der Waals surface area contributed by atoms with Gasteiger partial charge < -0.3 is 15.1 Å². The highest BCUT2D eigenvalue weighted by Gasteiger charge is 2.32. The average molecular weight is 464 g/mol. The molecule has 2 heterocycles. The number of aryl methyl sites for hydroxylation is 1. The van der Waals surface area contributed by atoms with Crippen LogP contribution in [0.25, 0.3) is 0 Å². The van der Waals surface area contributed by atoms with E-state index in [-0.39, 0.29) is 11.9 Å². The van der Waals surface area contributed by atoms with Gasteiger partial charge in [-0.05, 0) is 57.8 Å². The minimum absolute atomic E-state index is 0.00715. The molecule has 0 unspecified atom stereocenters. The third-order valence-electron chi connectivity index (χ3n) is 6.70. The molecule has 1 saturated heterocycles. The van der Waals surface area contributed by atoms with Gasteiger partial charge in [0.05, 0.1) is 5.56 Å². The molecule has 1 aromatic heterocycles. The van der Waals surface area contributed by atoms with Crippen LogP contribution in [-0.4, -0.2) is 64.8 Å². The van der Waals surface area contributed by atoms with Crippen molar-refractivity contribution in [2.45, 2.75) is 57.9 Å². The summed E-state index contributed by atoms with van der Waals surface area (Å²) in [5, 5.41) is 8.10. The first kappa shape index (κ1) is 23.8. The molecule has 2 aliphatic rings. The molecule has 9 heteroatoms. The Kier molecular flexibility index (Phi) is 7.09. The van der Waals surface area contributed by atoms with Crippen LogP contribution in [0.2, 0.25) is 0 Å². The number of hydrogen-bond donors (Lipinski definition) is 1. The second-order valence-electron chi connectivity index (χ2n) is 9.06. The first-order valence-corrected chi connectivity index (χ1v) is 11.7. The number of halogens is 3. The highest BCUT2D eigenvalue weighted by Crippen LogP contribution is 2.30. The van der Waals surface area contributed by atoms with Crippen molar-refractivity contribution in [3.8, 4) is 0 Å². The van der Waals surface area contributed by atoms with E-state index in [0.29, 0.717) is 37.3 Å². The quantitative estimate of drug-likeness (QED) is 0.739. The highest BCUT2D eigenvalue weighted by atomic mass is 19.4. The van der Waals surface area contributed by atoms with Crippen LogP contribution in [0.5, 0.6) is 0 Å². The van der Waals surface area contributed by atoms with Gasteiger partial charge in [0.2, 0.25) is 0 Å². The second kappa shape index (κ2) is 9.85. The lowest BCUT2D eigenvalue weighted by Crippen LogP contribution is -2.37. The van der Waals surface area contributed by atoms with Crippen LogP contribution in [0.15, 0.2) is 24.3 Å². The number of amides is 1. The third-order valence-corrected chi connectivity index (χ3v) is 6.70. The molecular weight excluding hydrogens is 431 g/mol. The van der Waals surface area contributed by atoms with Crippen LogP contribution >= 0.6 is 0 Å². The van der Waals surface area contributed by atoms with Crippen LogP contribution in [-0.2, 0) is 32.1 Å². The minimum Gasteiger partial charge on any atom is -0.336 e. The molecule has 1 aromatic carbocycles. The van der Waals surface area contributed by atoms with Crippen molar-refractivity contribution in [3.63, 3.8) is 0 Å². The summed E-state index contributed by atoms with van der Waals surface area (Å²) in [4.78, 5) is 17.5. The number of nitrogens with one attached hydrogen (secondary N) is 1. The highest BCUT2D eigenvalue weighted by molar-refractivity contribution is 5.94. The van der Waals surface area contributed by atoms with Gasteiger partial charge in [0.1, 0.15) is 0 Å². The molecule has 0 bridgehead atoms. The summed E-state index contributed by atoms with van der Waals surface area (Å²) in [5.41, 5.74) is 2.62. The van der Waals surface area contributed by atoms with Gasteiger partial charge in [-0.3, -0.25) is 9.48 Å². The lowest BCUT2D eigenvalue weighted by molar-refractivity contribution is -0.137. The molecule has 0 radical (unpaired) electrons. The normalized spacial score (nSPS) is 19.9. The van der Waals surface area contributed by atoms with E-state index in [0.717, 1.165) is 56.2 Å². The number of hydrogen-bond acceptors (Lipinski definition) is 4. The Hall–Kier alpha value is -2.39. The van der Waals surface area contributed by atoms with Gasteiger partial charge in [0, 0.05) is 50.0 Å². The Morgan fingerprint density at radius 2 is 2.03 bits per heavy atom. The molecular formula is C24H32F3N5O. The predicted molar refractivity (Wildman–Crippen MR) is 120 cm³/mol. The fraction of sp³-hybridized carbons (Fsp3) is 0.583. The van der Waals surface area contributed by atoms with Gasteiger partial charge in [0.25, 0.3) is 5.91 Å². The number of rotatable bonds is 5. The third kappa shape index (κ3) is 5.41. The number of aromatic nitrogens is 2. The topological polar surface area (TPSA) is 53.4 Å². The van der Waals surface area contributed by atoms with Gasteiger partial charge in [0.15, 0.2) is 5.69 Å². The second-order valence-corrected chi connectivity index (χ2v) is 9.06. The number of benzene rings is 1. The largest absolute Gasteiger partial charge is 0.416 e. The van der Waals surface area contributed by atoms with Crippen molar-refractivity contribution < 1.29 is 18.0 Å². The summed E-state index contributed by atoms with van der Waals surface area (Å²) in [6.07, 6.45) is -1.09. The van der Waals surface area contributed by atoms with E-state index < -0.39 is 11.7 Å². The molecule has 1 atom stereocenters. The van der Waals surface area contributed by atoms with Crippen molar-refractivity contribution in [2.24, 2.45) is 0 Å². The summed E-state index contributed by atoms with van der Waals surface area (Å²) in [6.45, 7) is 6.35. The van der Waals surface area contributed by atoms with Crippen LogP contribution in [0.3, 0.4) is 0 Å². The fourth-order valence-electron chi connectivity index (χ4n) is 4.81.